The molecule has 1 saturated heterocycles. The number of carbonyl (C=O) groups excluding carboxylic acids is 2. The number of nitro groups is 1. The lowest BCUT2D eigenvalue weighted by Crippen LogP contribution is -2.38. The molecule has 0 radical (unpaired) electrons. The average molecular weight is 499 g/mol. The Labute approximate surface area is 191 Å². The molecule has 0 aliphatic carbocycles. The molecule has 1 heterocycles. The Bertz CT molecular complexity index is 843. The number of amides is 1. The maximum atomic E-state index is 13.0. The molecule has 0 spiro atoms. The number of likely N-dealkylation sites (tertiary alicyclic amines) is 1. The lowest BCUT2D eigenvalue weighted by atomic mass is 9.86. The molecule has 8 nitrogen and oxygen atoms in total. The standard InChI is InChI=1S/C22H31BrN2O6/c1-21(2,3)30-19(26)16(11-14-7-8-17(23)18(12-14)25(28)29)15-9-10-24(13-15)20(27)31-22(4,5)6/h7-8,12,15-16H,9-11,13H2,1-6H3/t15-,16-/m0/s1. The molecule has 0 unspecified atom stereocenters. The van der Waals surface area contributed by atoms with Crippen LogP contribution in [0.1, 0.15) is 53.5 Å². The molecule has 1 aromatic carbocycles. The van der Waals surface area contributed by atoms with Crippen molar-refractivity contribution in [2.24, 2.45) is 11.8 Å². The quantitative estimate of drug-likeness (QED) is 0.317. The molecule has 1 aromatic rings. The highest BCUT2D eigenvalue weighted by atomic mass is 79.9. The van der Waals surface area contributed by atoms with Crippen LogP contribution in [0, 0.1) is 22.0 Å². The summed E-state index contributed by atoms with van der Waals surface area (Å²) in [5.74, 6) is -1.04. The molecular formula is C22H31BrN2O6. The Morgan fingerprint density at radius 3 is 2.35 bits per heavy atom. The predicted molar refractivity (Wildman–Crippen MR) is 120 cm³/mol. The summed E-state index contributed by atoms with van der Waals surface area (Å²) in [6, 6.07) is 4.85. The normalized spacial score (nSPS) is 17.9. The lowest BCUT2D eigenvalue weighted by molar-refractivity contribution is -0.385. The fourth-order valence-electron chi connectivity index (χ4n) is 3.51. The van der Waals surface area contributed by atoms with Gasteiger partial charge in [-0.2, -0.15) is 0 Å². The molecular weight excluding hydrogens is 468 g/mol. The first-order chi connectivity index (χ1) is 14.2. The van der Waals surface area contributed by atoms with Crippen molar-refractivity contribution in [3.05, 3.63) is 38.3 Å². The Morgan fingerprint density at radius 1 is 1.19 bits per heavy atom. The molecule has 1 fully saturated rings. The second-order valence-corrected chi connectivity index (χ2v) is 10.7. The average Bonchev–Trinajstić information content (AvgIpc) is 3.07. The van der Waals surface area contributed by atoms with Gasteiger partial charge in [-0.15, -0.1) is 0 Å². The van der Waals surface area contributed by atoms with Gasteiger partial charge in [-0.1, -0.05) is 6.07 Å². The Balaban J connectivity index is 2.24. The fraction of sp³-hybridized carbons (Fsp3) is 0.636. The van der Waals surface area contributed by atoms with E-state index in [1.807, 2.05) is 20.8 Å². The molecule has 0 bridgehead atoms. The third-order valence-electron chi connectivity index (χ3n) is 4.82. The molecule has 31 heavy (non-hydrogen) atoms. The lowest BCUT2D eigenvalue weighted by Gasteiger charge is -2.28. The summed E-state index contributed by atoms with van der Waals surface area (Å²) in [7, 11) is 0. The highest BCUT2D eigenvalue weighted by Gasteiger charge is 2.39. The number of ether oxygens (including phenoxy) is 2. The molecule has 9 heteroatoms. The van der Waals surface area contributed by atoms with Crippen molar-refractivity contribution in [2.75, 3.05) is 13.1 Å². The Hall–Kier alpha value is -2.16. The molecule has 0 saturated carbocycles. The van der Waals surface area contributed by atoms with Gasteiger partial charge < -0.3 is 14.4 Å². The first-order valence-corrected chi connectivity index (χ1v) is 11.1. The van der Waals surface area contributed by atoms with E-state index >= 15 is 0 Å². The van der Waals surface area contributed by atoms with Crippen LogP contribution in [-0.2, 0) is 20.7 Å². The van der Waals surface area contributed by atoms with E-state index < -0.39 is 28.1 Å². The van der Waals surface area contributed by atoms with Crippen LogP contribution in [0.25, 0.3) is 0 Å². The number of benzene rings is 1. The summed E-state index contributed by atoms with van der Waals surface area (Å²) in [5.41, 5.74) is -0.649. The van der Waals surface area contributed by atoms with Crippen LogP contribution < -0.4 is 0 Å². The molecule has 1 aliphatic heterocycles. The van der Waals surface area contributed by atoms with Crippen LogP contribution >= 0.6 is 15.9 Å². The van der Waals surface area contributed by atoms with E-state index in [4.69, 9.17) is 9.47 Å². The van der Waals surface area contributed by atoms with Crippen molar-refractivity contribution >= 4 is 33.7 Å². The van der Waals surface area contributed by atoms with Crippen molar-refractivity contribution in [2.45, 2.75) is 65.6 Å². The van der Waals surface area contributed by atoms with Crippen LogP contribution in [-0.4, -0.2) is 46.2 Å². The second kappa shape index (κ2) is 9.54. The number of hydrogen-bond acceptors (Lipinski definition) is 6. The van der Waals surface area contributed by atoms with Crippen LogP contribution in [0.4, 0.5) is 10.5 Å². The smallest absolute Gasteiger partial charge is 0.410 e. The van der Waals surface area contributed by atoms with Crippen LogP contribution in [0.2, 0.25) is 0 Å². The minimum atomic E-state index is -0.662. The predicted octanol–water partition coefficient (Wildman–Crippen LogP) is 5.11. The van der Waals surface area contributed by atoms with Gasteiger partial charge in [0.1, 0.15) is 11.2 Å². The zero-order valence-corrected chi connectivity index (χ0v) is 20.5. The molecule has 1 amide bonds. The summed E-state index contributed by atoms with van der Waals surface area (Å²) in [5, 5.41) is 11.3. The van der Waals surface area contributed by atoms with Crippen LogP contribution in [0.3, 0.4) is 0 Å². The first-order valence-electron chi connectivity index (χ1n) is 10.3. The van der Waals surface area contributed by atoms with Crippen molar-refractivity contribution < 1.29 is 24.0 Å². The number of nitro benzene ring substituents is 1. The second-order valence-electron chi connectivity index (χ2n) is 9.86. The summed E-state index contributed by atoms with van der Waals surface area (Å²) < 4.78 is 11.5. The number of nitrogens with zero attached hydrogens (tertiary/aromatic N) is 2. The fourth-order valence-corrected chi connectivity index (χ4v) is 3.90. The number of esters is 1. The SMILES string of the molecule is CC(C)(C)OC(=O)[C@@H](Cc1ccc(Br)c([N+](=O)[O-])c1)[C@H]1CCN(C(=O)OC(C)(C)C)C1. The number of hydrogen-bond donors (Lipinski definition) is 0. The van der Waals surface area contributed by atoms with Crippen molar-refractivity contribution in [3.8, 4) is 0 Å². The Kier molecular flexibility index (Phi) is 7.73. The van der Waals surface area contributed by atoms with Gasteiger partial charge in [0, 0.05) is 19.2 Å². The van der Waals surface area contributed by atoms with Crippen molar-refractivity contribution in [1.82, 2.24) is 4.90 Å². The van der Waals surface area contributed by atoms with Crippen LogP contribution in [0.5, 0.6) is 0 Å². The zero-order chi connectivity index (χ0) is 23.6. The number of halogens is 1. The van der Waals surface area contributed by atoms with Gasteiger partial charge in [0.05, 0.1) is 15.3 Å². The maximum absolute atomic E-state index is 13.0. The van der Waals surface area contributed by atoms with E-state index in [9.17, 15) is 19.7 Å². The van der Waals surface area contributed by atoms with Gasteiger partial charge in [0.2, 0.25) is 0 Å². The maximum Gasteiger partial charge on any atom is 0.410 e. The summed E-state index contributed by atoms with van der Waals surface area (Å²) >= 11 is 3.19. The van der Waals surface area contributed by atoms with Gasteiger partial charge in [-0.3, -0.25) is 14.9 Å². The van der Waals surface area contributed by atoms with Crippen LogP contribution in [0.15, 0.2) is 22.7 Å². The van der Waals surface area contributed by atoms with E-state index in [0.29, 0.717) is 29.5 Å². The van der Waals surface area contributed by atoms with Gasteiger partial charge in [-0.25, -0.2) is 4.79 Å². The van der Waals surface area contributed by atoms with E-state index in [1.54, 1.807) is 37.8 Å². The molecule has 1 aliphatic rings. The molecule has 172 valence electrons. The third kappa shape index (κ3) is 7.48. The van der Waals surface area contributed by atoms with Gasteiger partial charge >= 0.3 is 12.1 Å². The highest BCUT2D eigenvalue weighted by molar-refractivity contribution is 9.10. The molecule has 0 N–H and O–H groups in total. The highest BCUT2D eigenvalue weighted by Crippen LogP contribution is 2.33. The van der Waals surface area contributed by atoms with Gasteiger partial charge in [0.25, 0.3) is 5.69 Å². The van der Waals surface area contributed by atoms with E-state index in [-0.39, 0.29) is 24.0 Å². The summed E-state index contributed by atoms with van der Waals surface area (Å²) in [6.07, 6.45) is 0.509. The number of rotatable bonds is 5. The third-order valence-corrected chi connectivity index (χ3v) is 5.49. The van der Waals surface area contributed by atoms with E-state index in [1.165, 1.54) is 6.07 Å². The van der Waals surface area contributed by atoms with Gasteiger partial charge in [-0.05, 0) is 87.9 Å². The van der Waals surface area contributed by atoms with E-state index in [2.05, 4.69) is 15.9 Å². The minimum Gasteiger partial charge on any atom is -0.460 e. The molecule has 2 atom stereocenters. The van der Waals surface area contributed by atoms with E-state index in [0.717, 1.165) is 0 Å². The summed E-state index contributed by atoms with van der Waals surface area (Å²) in [4.78, 5) is 37.9. The minimum absolute atomic E-state index is 0.0535. The number of carbonyl (C=O) groups is 2. The first kappa shape index (κ1) is 25.1. The topological polar surface area (TPSA) is 99.0 Å². The monoisotopic (exact) mass is 498 g/mol. The van der Waals surface area contributed by atoms with Gasteiger partial charge in [0.15, 0.2) is 0 Å². The Morgan fingerprint density at radius 2 is 1.81 bits per heavy atom. The summed E-state index contributed by atoms with van der Waals surface area (Å²) in [6.45, 7) is 11.7. The van der Waals surface area contributed by atoms with Crippen molar-refractivity contribution in [1.29, 1.82) is 0 Å². The largest absolute Gasteiger partial charge is 0.460 e. The zero-order valence-electron chi connectivity index (χ0n) is 18.9. The molecule has 0 aromatic heterocycles. The van der Waals surface area contributed by atoms with Crippen molar-refractivity contribution in [3.63, 3.8) is 0 Å². The molecule has 2 rings (SSSR count).